The maximum absolute atomic E-state index is 2.51. The summed E-state index contributed by atoms with van der Waals surface area (Å²) in [5.74, 6) is 0. The molecule has 7 aromatic rings. The number of benzene rings is 7. The number of nitrogens with zero attached hydrogens (tertiary/aromatic N) is 2. The summed E-state index contributed by atoms with van der Waals surface area (Å²) in [6, 6.07) is 67.3. The zero-order valence-corrected chi connectivity index (χ0v) is 27.2. The second-order valence-electron chi connectivity index (χ2n) is 13.0. The quantitative estimate of drug-likeness (QED) is 0.194. The van der Waals surface area contributed by atoms with Gasteiger partial charge < -0.3 is 9.80 Å². The van der Waals surface area contributed by atoms with Gasteiger partial charge in [0.05, 0.1) is 10.8 Å². The minimum absolute atomic E-state index is 0.532. The van der Waals surface area contributed by atoms with Crippen LogP contribution in [0.5, 0.6) is 0 Å². The summed E-state index contributed by atoms with van der Waals surface area (Å²) in [6.07, 6.45) is 0. The van der Waals surface area contributed by atoms with Crippen molar-refractivity contribution in [3.8, 4) is 0 Å². The molecule has 48 heavy (non-hydrogen) atoms. The summed E-state index contributed by atoms with van der Waals surface area (Å²) in [5.41, 5.74) is 14.0. The van der Waals surface area contributed by atoms with Gasteiger partial charge >= 0.3 is 0 Å². The van der Waals surface area contributed by atoms with E-state index in [4.69, 9.17) is 0 Å². The lowest BCUT2D eigenvalue weighted by atomic mass is 9.59. The van der Waals surface area contributed by atoms with Crippen LogP contribution in [0.2, 0.25) is 0 Å². The van der Waals surface area contributed by atoms with Crippen LogP contribution >= 0.6 is 0 Å². The molecular weight excluding hydrogens is 581 g/mol. The molecular formula is C46H36N2. The molecule has 2 heterocycles. The standard InChI is InChI=1S/C46H36N2/c1-47-41-29-17-15-27-37(41)45(33-19-7-3-8-20-33,34-21-9-4-10-22-34)39-32-44-40(31-43(39)47)46(35-23-11-5-12-24-35,36-25-13-6-14-26-36)38-28-16-18-30-42(38)48(44)2/h3-32H,1-2H3. The average molecular weight is 617 g/mol. The van der Waals surface area contributed by atoms with Crippen LogP contribution in [-0.2, 0) is 10.8 Å². The first kappa shape index (κ1) is 28.4. The Balaban J connectivity index is 1.47. The predicted octanol–water partition coefficient (Wildman–Crippen LogP) is 10.6. The molecule has 0 saturated carbocycles. The molecule has 2 aliphatic heterocycles. The van der Waals surface area contributed by atoms with Crippen LogP contribution in [0.3, 0.4) is 0 Å². The molecule has 7 aromatic carbocycles. The van der Waals surface area contributed by atoms with Gasteiger partial charge in [-0.2, -0.15) is 0 Å². The van der Waals surface area contributed by atoms with E-state index in [9.17, 15) is 0 Å². The highest BCUT2D eigenvalue weighted by Gasteiger charge is 2.50. The minimum atomic E-state index is -0.532. The van der Waals surface area contributed by atoms with E-state index in [1.54, 1.807) is 0 Å². The Bertz CT molecular complexity index is 2020. The first-order chi connectivity index (χ1) is 23.7. The van der Waals surface area contributed by atoms with Crippen LogP contribution in [0.25, 0.3) is 0 Å². The van der Waals surface area contributed by atoms with Crippen LogP contribution in [0, 0.1) is 0 Å². The number of hydrogen-bond donors (Lipinski definition) is 0. The molecule has 0 aromatic heterocycles. The first-order valence-corrected chi connectivity index (χ1v) is 16.7. The zero-order chi connectivity index (χ0) is 32.3. The van der Waals surface area contributed by atoms with E-state index in [0.717, 1.165) is 0 Å². The van der Waals surface area contributed by atoms with E-state index in [0.29, 0.717) is 0 Å². The van der Waals surface area contributed by atoms with Gasteiger partial charge in [-0.15, -0.1) is 0 Å². The van der Waals surface area contributed by atoms with Crippen molar-refractivity contribution in [3.05, 3.63) is 226 Å². The largest absolute Gasteiger partial charge is 0.344 e. The highest BCUT2D eigenvalue weighted by atomic mass is 15.1. The molecule has 230 valence electrons. The maximum Gasteiger partial charge on any atom is 0.0742 e. The highest BCUT2D eigenvalue weighted by molar-refractivity contribution is 5.90. The fourth-order valence-corrected chi connectivity index (χ4v) is 8.78. The van der Waals surface area contributed by atoms with Gasteiger partial charge in [-0.05, 0) is 68.8 Å². The molecule has 0 spiro atoms. The Hall–Kier alpha value is -5.86. The predicted molar refractivity (Wildman–Crippen MR) is 199 cm³/mol. The molecule has 2 nitrogen and oxygen atoms in total. The van der Waals surface area contributed by atoms with E-state index < -0.39 is 10.8 Å². The summed E-state index contributed by atoms with van der Waals surface area (Å²) >= 11 is 0. The minimum Gasteiger partial charge on any atom is -0.344 e. The summed E-state index contributed by atoms with van der Waals surface area (Å²) in [4.78, 5) is 4.83. The highest BCUT2D eigenvalue weighted by Crippen LogP contribution is 2.61. The summed E-state index contributed by atoms with van der Waals surface area (Å²) < 4.78 is 0. The number of anilines is 4. The third kappa shape index (κ3) is 3.74. The maximum atomic E-state index is 2.51. The molecule has 0 N–H and O–H groups in total. The normalized spacial score (nSPS) is 15.1. The van der Waals surface area contributed by atoms with Crippen molar-refractivity contribution in [1.82, 2.24) is 0 Å². The lowest BCUT2D eigenvalue weighted by molar-refractivity contribution is 0.706. The van der Waals surface area contributed by atoms with E-state index in [1.165, 1.54) is 67.3 Å². The van der Waals surface area contributed by atoms with Crippen molar-refractivity contribution in [2.75, 3.05) is 23.9 Å². The molecule has 0 aliphatic carbocycles. The van der Waals surface area contributed by atoms with Gasteiger partial charge in [-0.1, -0.05) is 158 Å². The fraction of sp³-hybridized carbons (Fsp3) is 0.0870. The van der Waals surface area contributed by atoms with Crippen molar-refractivity contribution in [1.29, 1.82) is 0 Å². The number of hydrogen-bond acceptors (Lipinski definition) is 2. The second-order valence-corrected chi connectivity index (χ2v) is 13.0. The molecule has 0 bridgehead atoms. The van der Waals surface area contributed by atoms with Gasteiger partial charge in [0, 0.05) is 36.8 Å². The second kappa shape index (κ2) is 10.9. The van der Waals surface area contributed by atoms with Gasteiger partial charge in [0.15, 0.2) is 0 Å². The van der Waals surface area contributed by atoms with E-state index >= 15 is 0 Å². The summed E-state index contributed by atoms with van der Waals surface area (Å²) in [5, 5.41) is 0. The number of para-hydroxylation sites is 2. The lowest BCUT2D eigenvalue weighted by Crippen LogP contribution is -2.41. The van der Waals surface area contributed by atoms with Crippen LogP contribution < -0.4 is 9.80 Å². The van der Waals surface area contributed by atoms with Gasteiger partial charge in [0.1, 0.15) is 0 Å². The fourth-order valence-electron chi connectivity index (χ4n) is 8.78. The van der Waals surface area contributed by atoms with E-state index in [-0.39, 0.29) is 0 Å². The third-order valence-corrected chi connectivity index (χ3v) is 10.8. The smallest absolute Gasteiger partial charge is 0.0742 e. The van der Waals surface area contributed by atoms with Crippen molar-refractivity contribution >= 4 is 22.7 Å². The Morgan fingerprint density at radius 2 is 0.562 bits per heavy atom. The molecule has 0 saturated heterocycles. The molecule has 2 aliphatic rings. The van der Waals surface area contributed by atoms with Crippen molar-refractivity contribution in [3.63, 3.8) is 0 Å². The number of rotatable bonds is 4. The first-order valence-electron chi connectivity index (χ1n) is 16.7. The van der Waals surface area contributed by atoms with Crippen LogP contribution in [0.4, 0.5) is 22.7 Å². The molecule has 9 rings (SSSR count). The topological polar surface area (TPSA) is 6.48 Å². The van der Waals surface area contributed by atoms with Gasteiger partial charge in [-0.25, -0.2) is 0 Å². The lowest BCUT2D eigenvalue weighted by Gasteiger charge is -2.49. The third-order valence-electron chi connectivity index (χ3n) is 10.8. The molecule has 0 radical (unpaired) electrons. The average Bonchev–Trinajstić information content (AvgIpc) is 3.17. The molecule has 2 heteroatoms. The van der Waals surface area contributed by atoms with Crippen LogP contribution in [0.15, 0.2) is 182 Å². The van der Waals surface area contributed by atoms with Crippen molar-refractivity contribution < 1.29 is 0 Å². The Morgan fingerprint density at radius 1 is 0.292 bits per heavy atom. The van der Waals surface area contributed by atoms with Gasteiger partial charge in [0.2, 0.25) is 0 Å². The summed E-state index contributed by atoms with van der Waals surface area (Å²) in [6.45, 7) is 0. The van der Waals surface area contributed by atoms with Gasteiger partial charge in [0.25, 0.3) is 0 Å². The monoisotopic (exact) mass is 616 g/mol. The molecule has 0 fully saturated rings. The molecule has 0 amide bonds. The van der Waals surface area contributed by atoms with Crippen LogP contribution in [0.1, 0.15) is 44.5 Å². The summed E-state index contributed by atoms with van der Waals surface area (Å²) in [7, 11) is 4.47. The Morgan fingerprint density at radius 3 is 0.875 bits per heavy atom. The van der Waals surface area contributed by atoms with E-state index in [2.05, 4.69) is 206 Å². The van der Waals surface area contributed by atoms with Gasteiger partial charge in [-0.3, -0.25) is 0 Å². The van der Waals surface area contributed by atoms with Crippen LogP contribution in [-0.4, -0.2) is 14.1 Å². The zero-order valence-electron chi connectivity index (χ0n) is 27.2. The van der Waals surface area contributed by atoms with Crippen molar-refractivity contribution in [2.45, 2.75) is 10.8 Å². The molecule has 0 atom stereocenters. The molecule has 0 unspecified atom stereocenters. The SMILES string of the molecule is CN1c2ccccc2C(c2ccccc2)(c2ccccc2)c2cc3c(cc21)C(c1ccccc1)(c1ccccc1)c1ccccc1N3C. The Kier molecular flexibility index (Phi) is 6.42. The van der Waals surface area contributed by atoms with Crippen molar-refractivity contribution in [2.24, 2.45) is 0 Å². The number of fused-ring (bicyclic) bond motifs is 4. The Labute approximate surface area is 283 Å². The van der Waals surface area contributed by atoms with E-state index in [1.807, 2.05) is 0 Å².